The first-order chi connectivity index (χ1) is 5.79. The first-order valence-corrected chi connectivity index (χ1v) is 3.72. The highest BCUT2D eigenvalue weighted by molar-refractivity contribution is 5.71. The molecule has 0 amide bonds. The fraction of sp³-hybridized carbons (Fsp3) is 0.250. The lowest BCUT2D eigenvalue weighted by Gasteiger charge is -2.20. The molecule has 2 rings (SSSR count). The summed E-state index contributed by atoms with van der Waals surface area (Å²) in [5.41, 5.74) is 12.4. The molecule has 0 bridgehead atoms. The highest BCUT2D eigenvalue weighted by atomic mass is 16.6. The Kier molecular flexibility index (Phi) is 1.46. The largest absolute Gasteiger partial charge is 0.484 e. The van der Waals surface area contributed by atoms with Crippen molar-refractivity contribution in [3.05, 3.63) is 12.1 Å². The summed E-state index contributed by atoms with van der Waals surface area (Å²) in [6, 6.07) is 3.42. The van der Waals surface area contributed by atoms with Crippen molar-refractivity contribution in [3.63, 3.8) is 0 Å². The van der Waals surface area contributed by atoms with Crippen LogP contribution in [0.1, 0.15) is 0 Å². The summed E-state index contributed by atoms with van der Waals surface area (Å²) in [5.74, 6) is 1.14. The van der Waals surface area contributed by atoms with Crippen molar-refractivity contribution in [2.24, 2.45) is 0 Å². The van der Waals surface area contributed by atoms with Gasteiger partial charge < -0.3 is 20.9 Å². The number of ether oxygens (including phenoxy) is 2. The van der Waals surface area contributed by atoms with Gasteiger partial charge in [-0.2, -0.15) is 0 Å². The van der Waals surface area contributed by atoms with E-state index in [-0.39, 0.29) is 0 Å². The molecule has 0 spiro atoms. The van der Waals surface area contributed by atoms with Gasteiger partial charge in [0.05, 0.1) is 11.4 Å². The average Bonchev–Trinajstić information content (AvgIpc) is 2.12. The van der Waals surface area contributed by atoms with E-state index in [0.29, 0.717) is 36.1 Å². The molecular formula is C8H10N2O2. The third-order valence-electron chi connectivity index (χ3n) is 1.75. The molecular weight excluding hydrogens is 156 g/mol. The predicted octanol–water partition coefficient (Wildman–Crippen LogP) is 0.622. The topological polar surface area (TPSA) is 70.5 Å². The summed E-state index contributed by atoms with van der Waals surface area (Å²) in [4.78, 5) is 0. The number of hydrogen-bond acceptors (Lipinski definition) is 4. The van der Waals surface area contributed by atoms with Crippen molar-refractivity contribution in [3.8, 4) is 11.5 Å². The van der Waals surface area contributed by atoms with Gasteiger partial charge in [-0.05, 0) is 12.1 Å². The fourth-order valence-corrected chi connectivity index (χ4v) is 1.18. The zero-order valence-electron chi connectivity index (χ0n) is 6.54. The second-order valence-electron chi connectivity index (χ2n) is 2.60. The molecule has 4 nitrogen and oxygen atoms in total. The normalized spacial score (nSPS) is 14.3. The van der Waals surface area contributed by atoms with Crippen molar-refractivity contribution in [1.29, 1.82) is 0 Å². The second-order valence-corrected chi connectivity index (χ2v) is 2.60. The van der Waals surface area contributed by atoms with E-state index in [1.165, 1.54) is 0 Å². The molecule has 0 aromatic heterocycles. The Bertz CT molecular complexity index is 281. The maximum absolute atomic E-state index is 5.65. The smallest absolute Gasteiger partial charge is 0.186 e. The summed E-state index contributed by atoms with van der Waals surface area (Å²) >= 11 is 0. The Balaban J connectivity index is 2.57. The van der Waals surface area contributed by atoms with E-state index in [1.807, 2.05) is 0 Å². The lowest BCUT2D eigenvalue weighted by atomic mass is 10.2. The van der Waals surface area contributed by atoms with Crippen LogP contribution in [0.2, 0.25) is 0 Å². The summed E-state index contributed by atoms with van der Waals surface area (Å²) in [5, 5.41) is 0. The first-order valence-electron chi connectivity index (χ1n) is 3.72. The molecule has 12 heavy (non-hydrogen) atoms. The quantitative estimate of drug-likeness (QED) is 0.554. The van der Waals surface area contributed by atoms with Gasteiger partial charge in [0.1, 0.15) is 13.2 Å². The molecule has 4 N–H and O–H groups in total. The number of benzene rings is 1. The minimum Gasteiger partial charge on any atom is -0.484 e. The van der Waals surface area contributed by atoms with Gasteiger partial charge in [-0.15, -0.1) is 0 Å². The van der Waals surface area contributed by atoms with Gasteiger partial charge >= 0.3 is 0 Å². The first kappa shape index (κ1) is 7.09. The van der Waals surface area contributed by atoms with Gasteiger partial charge in [-0.3, -0.25) is 0 Å². The van der Waals surface area contributed by atoms with Gasteiger partial charge in [0, 0.05) is 0 Å². The highest BCUT2D eigenvalue weighted by Gasteiger charge is 2.16. The van der Waals surface area contributed by atoms with Gasteiger partial charge in [0.15, 0.2) is 11.5 Å². The van der Waals surface area contributed by atoms with E-state index < -0.39 is 0 Å². The zero-order valence-corrected chi connectivity index (χ0v) is 6.54. The van der Waals surface area contributed by atoms with Crippen LogP contribution in [0, 0.1) is 0 Å². The Labute approximate surface area is 70.1 Å². The summed E-state index contributed by atoms with van der Waals surface area (Å²) in [6.07, 6.45) is 0. The summed E-state index contributed by atoms with van der Waals surface area (Å²) in [6.45, 7) is 1.06. The summed E-state index contributed by atoms with van der Waals surface area (Å²) in [7, 11) is 0. The molecule has 64 valence electrons. The van der Waals surface area contributed by atoms with E-state index in [0.717, 1.165) is 0 Å². The molecule has 0 fully saturated rings. The maximum atomic E-state index is 5.65. The molecule has 0 aliphatic carbocycles. The third-order valence-corrected chi connectivity index (χ3v) is 1.75. The maximum Gasteiger partial charge on any atom is 0.186 e. The van der Waals surface area contributed by atoms with Crippen LogP contribution >= 0.6 is 0 Å². The van der Waals surface area contributed by atoms with E-state index in [9.17, 15) is 0 Å². The summed E-state index contributed by atoms with van der Waals surface area (Å²) < 4.78 is 10.6. The van der Waals surface area contributed by atoms with Crippen molar-refractivity contribution in [2.45, 2.75) is 0 Å². The molecule has 1 aliphatic rings. The molecule has 1 aromatic rings. The standard InChI is InChI=1S/C8H10N2O2/c9-5-1-2-6(10)8-7(5)11-3-4-12-8/h1-2H,3-4,9-10H2. The molecule has 0 atom stereocenters. The van der Waals surface area contributed by atoms with Crippen LogP contribution in [0.15, 0.2) is 12.1 Å². The molecule has 1 aromatic carbocycles. The van der Waals surface area contributed by atoms with Crippen LogP contribution in [0.25, 0.3) is 0 Å². The van der Waals surface area contributed by atoms with Crippen molar-refractivity contribution >= 4 is 11.4 Å². The Morgan fingerprint density at radius 2 is 1.33 bits per heavy atom. The molecule has 0 saturated carbocycles. The Morgan fingerprint density at radius 1 is 0.917 bits per heavy atom. The van der Waals surface area contributed by atoms with Crippen molar-refractivity contribution in [1.82, 2.24) is 0 Å². The molecule has 4 heteroatoms. The van der Waals surface area contributed by atoms with Crippen molar-refractivity contribution in [2.75, 3.05) is 24.7 Å². The lowest BCUT2D eigenvalue weighted by molar-refractivity contribution is 0.174. The second kappa shape index (κ2) is 2.48. The van der Waals surface area contributed by atoms with Crippen LogP contribution in [0.4, 0.5) is 11.4 Å². The van der Waals surface area contributed by atoms with E-state index in [1.54, 1.807) is 12.1 Å². The van der Waals surface area contributed by atoms with Crippen LogP contribution in [-0.2, 0) is 0 Å². The molecule has 0 saturated heterocycles. The number of nitrogens with two attached hydrogens (primary N) is 2. The lowest BCUT2D eigenvalue weighted by Crippen LogP contribution is -2.17. The molecule has 1 heterocycles. The van der Waals surface area contributed by atoms with Gasteiger partial charge in [0.2, 0.25) is 0 Å². The number of hydrogen-bond donors (Lipinski definition) is 2. The van der Waals surface area contributed by atoms with E-state index in [4.69, 9.17) is 20.9 Å². The van der Waals surface area contributed by atoms with Crippen molar-refractivity contribution < 1.29 is 9.47 Å². The highest BCUT2D eigenvalue weighted by Crippen LogP contribution is 2.40. The number of nitrogen functional groups attached to an aromatic ring is 2. The molecule has 0 radical (unpaired) electrons. The molecule has 0 unspecified atom stereocenters. The van der Waals surface area contributed by atoms with Gasteiger partial charge in [-0.1, -0.05) is 0 Å². The number of rotatable bonds is 0. The predicted molar refractivity (Wildman–Crippen MR) is 46.3 cm³/mol. The van der Waals surface area contributed by atoms with Crippen LogP contribution in [-0.4, -0.2) is 13.2 Å². The monoisotopic (exact) mass is 166 g/mol. The number of anilines is 2. The fourth-order valence-electron chi connectivity index (χ4n) is 1.18. The Morgan fingerprint density at radius 3 is 1.75 bits per heavy atom. The minimum atomic E-state index is 0.528. The van der Waals surface area contributed by atoms with Crippen LogP contribution in [0.3, 0.4) is 0 Å². The van der Waals surface area contributed by atoms with E-state index >= 15 is 0 Å². The minimum absolute atomic E-state index is 0.528. The molecule has 1 aliphatic heterocycles. The Hall–Kier alpha value is -1.58. The number of fused-ring (bicyclic) bond motifs is 1. The third kappa shape index (κ3) is 0.922. The zero-order chi connectivity index (χ0) is 8.55. The van der Waals surface area contributed by atoms with Crippen LogP contribution < -0.4 is 20.9 Å². The SMILES string of the molecule is Nc1ccc(N)c2c1OCCO2. The van der Waals surface area contributed by atoms with Crippen LogP contribution in [0.5, 0.6) is 11.5 Å². The average molecular weight is 166 g/mol. The van der Waals surface area contributed by atoms with Gasteiger partial charge in [0.25, 0.3) is 0 Å². The van der Waals surface area contributed by atoms with Gasteiger partial charge in [-0.25, -0.2) is 0 Å². The van der Waals surface area contributed by atoms with E-state index in [2.05, 4.69) is 0 Å².